The number of anilines is 2. The number of benzene rings is 1. The van der Waals surface area contributed by atoms with Crippen LogP contribution in [0.2, 0.25) is 0 Å². The van der Waals surface area contributed by atoms with Crippen LogP contribution in [0.5, 0.6) is 23.0 Å². The Bertz CT molecular complexity index is 1390. The van der Waals surface area contributed by atoms with Crippen LogP contribution in [0, 0.1) is 0 Å². The van der Waals surface area contributed by atoms with E-state index in [1.54, 1.807) is 38.4 Å². The van der Waals surface area contributed by atoms with E-state index in [0.29, 0.717) is 34.8 Å². The lowest BCUT2D eigenvalue weighted by atomic mass is 10.0. The monoisotopic (exact) mass is 471 g/mol. The molecule has 3 aromatic heterocycles. The number of hydrogen-bond acceptors (Lipinski definition) is 8. The van der Waals surface area contributed by atoms with Crippen molar-refractivity contribution < 1.29 is 19.3 Å². The molecule has 0 radical (unpaired) electrons. The van der Waals surface area contributed by atoms with Crippen molar-refractivity contribution in [1.82, 2.24) is 19.7 Å². The maximum Gasteiger partial charge on any atom is 0.231 e. The molecule has 0 bridgehead atoms. The summed E-state index contributed by atoms with van der Waals surface area (Å²) in [5.74, 6) is 3.31. The summed E-state index contributed by atoms with van der Waals surface area (Å²) in [6, 6.07) is 13.4. The zero-order chi connectivity index (χ0) is 24.0. The number of pyridine rings is 2. The normalized spacial score (nSPS) is 14.7. The van der Waals surface area contributed by atoms with Crippen molar-refractivity contribution in [2.24, 2.45) is 0 Å². The molecule has 4 heterocycles. The SMILES string of the molecule is CC(C)(O)c1cc(Nc2cc(Oc3cn(C4CC4)nc3-c3ccc4c(c3)OCO4)ccn2)ccn1. The van der Waals surface area contributed by atoms with Crippen LogP contribution in [0.25, 0.3) is 11.3 Å². The summed E-state index contributed by atoms with van der Waals surface area (Å²) in [5, 5.41) is 18.3. The highest BCUT2D eigenvalue weighted by atomic mass is 16.7. The molecule has 1 saturated carbocycles. The van der Waals surface area contributed by atoms with Gasteiger partial charge in [0.15, 0.2) is 17.2 Å². The Balaban J connectivity index is 1.28. The van der Waals surface area contributed by atoms with Gasteiger partial charge in [-0.2, -0.15) is 5.10 Å². The molecule has 0 atom stereocenters. The zero-order valence-corrected chi connectivity index (χ0v) is 19.4. The van der Waals surface area contributed by atoms with Gasteiger partial charge < -0.3 is 24.6 Å². The number of rotatable bonds is 7. The largest absolute Gasteiger partial charge is 0.454 e. The fourth-order valence-electron chi connectivity index (χ4n) is 3.88. The molecule has 35 heavy (non-hydrogen) atoms. The topological polar surface area (TPSA) is 104 Å². The predicted molar refractivity (Wildman–Crippen MR) is 129 cm³/mol. The van der Waals surface area contributed by atoms with E-state index in [1.165, 1.54) is 0 Å². The van der Waals surface area contributed by atoms with Gasteiger partial charge in [0.2, 0.25) is 6.79 Å². The minimum atomic E-state index is -1.04. The standard InChI is InChI=1S/C26H25N5O4/c1-26(2,32)23-12-17(7-9-27-23)29-24-13-19(8-10-28-24)35-22-14-31(18-4-5-18)30-25(22)16-3-6-20-21(11-16)34-15-33-20/h3,6-14,18,32H,4-5,15H2,1-2H3,(H,27,28,29). The summed E-state index contributed by atoms with van der Waals surface area (Å²) in [5.41, 5.74) is 1.93. The third kappa shape index (κ3) is 4.50. The number of hydrogen-bond donors (Lipinski definition) is 2. The zero-order valence-electron chi connectivity index (χ0n) is 19.4. The number of aromatic nitrogens is 4. The Morgan fingerprint density at radius 3 is 2.69 bits per heavy atom. The van der Waals surface area contributed by atoms with Crippen LogP contribution in [0.4, 0.5) is 11.5 Å². The first-order valence-corrected chi connectivity index (χ1v) is 11.5. The van der Waals surface area contributed by atoms with Crippen LogP contribution in [0.1, 0.15) is 38.4 Å². The van der Waals surface area contributed by atoms with Gasteiger partial charge in [0.25, 0.3) is 0 Å². The lowest BCUT2D eigenvalue weighted by molar-refractivity contribution is 0.0739. The first kappa shape index (κ1) is 21.4. The van der Waals surface area contributed by atoms with Gasteiger partial charge in [-0.1, -0.05) is 0 Å². The van der Waals surface area contributed by atoms with E-state index in [-0.39, 0.29) is 6.79 Å². The second-order valence-corrected chi connectivity index (χ2v) is 9.21. The molecule has 1 fully saturated rings. The Labute approximate surface area is 202 Å². The van der Waals surface area contributed by atoms with E-state index in [2.05, 4.69) is 15.3 Å². The number of ether oxygens (including phenoxy) is 3. The van der Waals surface area contributed by atoms with Crippen molar-refractivity contribution in [3.05, 3.63) is 66.7 Å². The highest BCUT2D eigenvalue weighted by Gasteiger charge is 2.27. The Morgan fingerprint density at radius 1 is 1.03 bits per heavy atom. The maximum absolute atomic E-state index is 10.3. The molecule has 9 heteroatoms. The van der Waals surface area contributed by atoms with Crippen LogP contribution in [0.3, 0.4) is 0 Å². The van der Waals surface area contributed by atoms with Gasteiger partial charge in [0, 0.05) is 29.7 Å². The summed E-state index contributed by atoms with van der Waals surface area (Å²) >= 11 is 0. The quantitative estimate of drug-likeness (QED) is 0.381. The molecule has 4 aromatic rings. The predicted octanol–water partition coefficient (Wildman–Crippen LogP) is 5.17. The molecule has 0 unspecified atom stereocenters. The molecule has 1 aromatic carbocycles. The van der Waals surface area contributed by atoms with E-state index >= 15 is 0 Å². The minimum Gasteiger partial charge on any atom is -0.454 e. The van der Waals surface area contributed by atoms with Crippen molar-refractivity contribution in [2.75, 3.05) is 12.1 Å². The molecule has 0 saturated heterocycles. The lowest BCUT2D eigenvalue weighted by Gasteiger charge is -2.17. The molecular weight excluding hydrogens is 446 g/mol. The first-order valence-electron chi connectivity index (χ1n) is 11.5. The van der Waals surface area contributed by atoms with Crippen molar-refractivity contribution in [3.63, 3.8) is 0 Å². The fraction of sp³-hybridized carbons (Fsp3) is 0.269. The van der Waals surface area contributed by atoms with E-state index < -0.39 is 5.60 Å². The number of aliphatic hydroxyl groups is 1. The maximum atomic E-state index is 10.3. The molecule has 1 aliphatic carbocycles. The number of nitrogens with one attached hydrogen (secondary N) is 1. The molecular formula is C26H25N5O4. The van der Waals surface area contributed by atoms with Crippen molar-refractivity contribution in [2.45, 2.75) is 38.3 Å². The molecule has 2 N–H and O–H groups in total. The minimum absolute atomic E-state index is 0.222. The van der Waals surface area contributed by atoms with Crippen LogP contribution in [0.15, 0.2) is 61.1 Å². The molecule has 2 aliphatic rings. The number of nitrogens with zero attached hydrogens (tertiary/aromatic N) is 4. The Morgan fingerprint density at radius 2 is 1.86 bits per heavy atom. The molecule has 1 aliphatic heterocycles. The van der Waals surface area contributed by atoms with E-state index in [0.717, 1.165) is 35.5 Å². The van der Waals surface area contributed by atoms with Crippen molar-refractivity contribution >= 4 is 11.5 Å². The number of fused-ring (bicyclic) bond motifs is 1. The van der Waals surface area contributed by atoms with Crippen LogP contribution in [-0.2, 0) is 5.60 Å². The molecule has 9 nitrogen and oxygen atoms in total. The van der Waals surface area contributed by atoms with Crippen molar-refractivity contribution in [1.29, 1.82) is 0 Å². The van der Waals surface area contributed by atoms with Gasteiger partial charge in [-0.25, -0.2) is 4.98 Å². The second-order valence-electron chi connectivity index (χ2n) is 9.21. The summed E-state index contributed by atoms with van der Waals surface area (Å²) in [7, 11) is 0. The van der Waals surface area contributed by atoms with Gasteiger partial charge in [-0.3, -0.25) is 9.67 Å². The smallest absolute Gasteiger partial charge is 0.231 e. The fourth-order valence-corrected chi connectivity index (χ4v) is 3.88. The molecule has 0 amide bonds. The average molecular weight is 472 g/mol. The second kappa shape index (κ2) is 8.28. The van der Waals surface area contributed by atoms with E-state index in [1.807, 2.05) is 41.2 Å². The summed E-state index contributed by atoms with van der Waals surface area (Å²) < 4.78 is 19.3. The van der Waals surface area contributed by atoms with E-state index in [9.17, 15) is 5.11 Å². The molecule has 0 spiro atoms. The Kier molecular flexibility index (Phi) is 5.07. The summed E-state index contributed by atoms with van der Waals surface area (Å²) in [6.07, 6.45) is 7.51. The first-order chi connectivity index (χ1) is 16.9. The Hall–Kier alpha value is -4.11. The lowest BCUT2D eigenvalue weighted by Crippen LogP contribution is -2.17. The van der Waals surface area contributed by atoms with Crippen LogP contribution < -0.4 is 19.5 Å². The van der Waals surface area contributed by atoms with Gasteiger partial charge in [-0.05, 0) is 63.1 Å². The summed E-state index contributed by atoms with van der Waals surface area (Å²) in [4.78, 5) is 8.65. The van der Waals surface area contributed by atoms with Gasteiger partial charge >= 0.3 is 0 Å². The third-order valence-electron chi connectivity index (χ3n) is 5.88. The van der Waals surface area contributed by atoms with Gasteiger partial charge in [-0.15, -0.1) is 0 Å². The third-order valence-corrected chi connectivity index (χ3v) is 5.88. The van der Waals surface area contributed by atoms with Crippen LogP contribution in [-0.4, -0.2) is 31.6 Å². The highest BCUT2D eigenvalue weighted by molar-refractivity contribution is 5.70. The molecule has 178 valence electrons. The molecule has 6 rings (SSSR count). The van der Waals surface area contributed by atoms with E-state index in [4.69, 9.17) is 19.3 Å². The van der Waals surface area contributed by atoms with Gasteiger partial charge in [0.05, 0.1) is 17.9 Å². The highest BCUT2D eigenvalue weighted by Crippen LogP contribution is 2.42. The van der Waals surface area contributed by atoms with Crippen LogP contribution >= 0.6 is 0 Å². The van der Waals surface area contributed by atoms with Crippen molar-refractivity contribution in [3.8, 4) is 34.3 Å². The van der Waals surface area contributed by atoms with Gasteiger partial charge in [0.1, 0.15) is 22.9 Å². The summed E-state index contributed by atoms with van der Waals surface area (Å²) in [6.45, 7) is 3.62. The average Bonchev–Trinajstić information content (AvgIpc) is 3.43.